The quantitative estimate of drug-likeness (QED) is 0.343. The Bertz CT molecular complexity index is 1820. The van der Waals surface area contributed by atoms with E-state index in [4.69, 9.17) is 4.98 Å². The number of nitrogens with zero attached hydrogens (tertiary/aromatic N) is 7. The number of amides is 1. The lowest BCUT2D eigenvalue weighted by Crippen LogP contribution is -2.46. The van der Waals surface area contributed by atoms with Crippen LogP contribution in [0.1, 0.15) is 51.9 Å². The van der Waals surface area contributed by atoms with Crippen LogP contribution in [0, 0.1) is 13.8 Å². The van der Waals surface area contributed by atoms with Crippen LogP contribution in [-0.4, -0.2) is 65.5 Å². The summed E-state index contributed by atoms with van der Waals surface area (Å²) in [7, 11) is 0. The number of aromatic nitrogens is 5. The van der Waals surface area contributed by atoms with Gasteiger partial charge in [-0.2, -0.15) is 18.3 Å². The highest BCUT2D eigenvalue weighted by atomic mass is 79.9. The Labute approximate surface area is 258 Å². The van der Waals surface area contributed by atoms with Gasteiger partial charge in [0.1, 0.15) is 5.82 Å². The van der Waals surface area contributed by atoms with E-state index in [1.54, 1.807) is 29.9 Å². The van der Waals surface area contributed by atoms with E-state index in [2.05, 4.69) is 26.0 Å². The van der Waals surface area contributed by atoms with E-state index >= 15 is 0 Å². The van der Waals surface area contributed by atoms with Gasteiger partial charge in [-0.15, -0.1) is 0 Å². The number of aliphatic hydroxyl groups is 1. The topological polar surface area (TPSA) is 109 Å². The Kier molecular flexibility index (Phi) is 7.60. The van der Waals surface area contributed by atoms with Crippen molar-refractivity contribution in [3.05, 3.63) is 91.2 Å². The molecule has 4 aromatic rings. The number of fused-ring (bicyclic) bond motifs is 1. The van der Waals surface area contributed by atoms with Crippen LogP contribution in [0.15, 0.2) is 51.9 Å². The Morgan fingerprint density at radius 1 is 1.14 bits per heavy atom. The number of hydrogen-bond acceptors (Lipinski definition) is 7. The molecule has 6 rings (SSSR count). The summed E-state index contributed by atoms with van der Waals surface area (Å²) in [6.07, 6.45) is -2.66. The molecule has 14 heteroatoms. The SMILES string of the molecule is Cc1cc(C)n(-c2nc3c(c(=O)n2-c2ccc(N4CC[C@@H](O)C4)nc2)C[C@@H](C)N(C(=O)c2ccc(Br)c(C(F)(F)F)c2)C3)n1. The van der Waals surface area contributed by atoms with E-state index in [0.29, 0.717) is 48.0 Å². The summed E-state index contributed by atoms with van der Waals surface area (Å²) >= 11 is 2.92. The van der Waals surface area contributed by atoms with Crippen molar-refractivity contribution in [1.82, 2.24) is 29.2 Å². The molecular weight excluding hydrogens is 643 g/mol. The van der Waals surface area contributed by atoms with Gasteiger partial charge >= 0.3 is 6.18 Å². The first-order chi connectivity index (χ1) is 20.8. The summed E-state index contributed by atoms with van der Waals surface area (Å²) in [6, 6.07) is 8.31. The van der Waals surface area contributed by atoms with Gasteiger partial charge in [-0.1, -0.05) is 15.9 Å². The number of carbonyl (C=O) groups is 1. The lowest BCUT2D eigenvalue weighted by atomic mass is 9.98. The molecular formula is C30H29BrF3N7O3. The maximum Gasteiger partial charge on any atom is 0.417 e. The Hall–Kier alpha value is -4.04. The molecule has 10 nitrogen and oxygen atoms in total. The highest BCUT2D eigenvalue weighted by Crippen LogP contribution is 2.36. The van der Waals surface area contributed by atoms with E-state index < -0.39 is 29.8 Å². The molecule has 1 aromatic carbocycles. The molecule has 2 aliphatic heterocycles. The molecule has 1 fully saturated rings. The molecule has 1 saturated heterocycles. The summed E-state index contributed by atoms with van der Waals surface area (Å²) in [4.78, 5) is 40.5. The van der Waals surface area contributed by atoms with Crippen LogP contribution in [0.25, 0.3) is 11.6 Å². The number of rotatable bonds is 4. The summed E-state index contributed by atoms with van der Waals surface area (Å²) < 4.78 is 43.5. The number of anilines is 1. The molecule has 5 heterocycles. The van der Waals surface area contributed by atoms with Gasteiger partial charge < -0.3 is 14.9 Å². The number of pyridine rings is 1. The van der Waals surface area contributed by atoms with Crippen molar-refractivity contribution in [2.75, 3.05) is 18.0 Å². The maximum absolute atomic E-state index is 14.2. The molecule has 1 N–H and O–H groups in total. The molecule has 0 saturated carbocycles. The third-order valence-electron chi connectivity index (χ3n) is 8.05. The zero-order valence-electron chi connectivity index (χ0n) is 24.1. The van der Waals surface area contributed by atoms with Crippen molar-refractivity contribution in [1.29, 1.82) is 0 Å². The van der Waals surface area contributed by atoms with Gasteiger partial charge in [0.2, 0.25) is 5.95 Å². The van der Waals surface area contributed by atoms with Gasteiger partial charge in [0.05, 0.1) is 41.5 Å². The molecule has 0 radical (unpaired) electrons. The molecule has 0 unspecified atom stereocenters. The molecule has 3 aromatic heterocycles. The molecule has 2 atom stereocenters. The Morgan fingerprint density at radius 3 is 2.52 bits per heavy atom. The molecule has 230 valence electrons. The van der Waals surface area contributed by atoms with Crippen LogP contribution < -0.4 is 10.5 Å². The van der Waals surface area contributed by atoms with Gasteiger partial charge in [-0.05, 0) is 70.0 Å². The lowest BCUT2D eigenvalue weighted by molar-refractivity contribution is -0.138. The first-order valence-electron chi connectivity index (χ1n) is 14.1. The summed E-state index contributed by atoms with van der Waals surface area (Å²) in [5, 5.41) is 14.5. The second-order valence-electron chi connectivity index (χ2n) is 11.3. The minimum atomic E-state index is -4.64. The molecule has 1 amide bonds. The number of β-amino-alcohol motifs (C(OH)–C–C–N with tert-alkyl or cyclic N) is 1. The van der Waals surface area contributed by atoms with Crippen LogP contribution in [-0.2, 0) is 19.1 Å². The third kappa shape index (κ3) is 5.40. The first kappa shape index (κ1) is 30.0. The predicted octanol–water partition coefficient (Wildman–Crippen LogP) is 4.37. The second kappa shape index (κ2) is 11.1. The number of benzene rings is 1. The standard InChI is InChI=1S/C30H29BrF3N7O3/c1-16-10-18(3)41(37-16)29-36-25-15-39(27(43)19-4-6-24(31)23(12-19)30(32,33)34)17(2)11-22(25)28(44)40(29)20-5-7-26(35-13-20)38-9-8-21(42)14-38/h4-7,10,12-13,17,21,42H,8-9,11,14-15H2,1-3H3/t17-,21-/m1/s1. The van der Waals surface area contributed by atoms with Gasteiger partial charge in [0.25, 0.3) is 11.5 Å². The fourth-order valence-corrected chi connectivity index (χ4v) is 6.28. The van der Waals surface area contributed by atoms with E-state index in [0.717, 1.165) is 11.8 Å². The van der Waals surface area contributed by atoms with Crippen LogP contribution >= 0.6 is 15.9 Å². The van der Waals surface area contributed by atoms with E-state index in [1.807, 2.05) is 24.8 Å². The number of aliphatic hydroxyl groups excluding tert-OH is 1. The summed E-state index contributed by atoms with van der Waals surface area (Å²) in [5.41, 5.74) is 1.27. The van der Waals surface area contributed by atoms with E-state index in [1.165, 1.54) is 21.6 Å². The van der Waals surface area contributed by atoms with Crippen LogP contribution in [0.2, 0.25) is 0 Å². The maximum atomic E-state index is 14.2. The molecule has 0 bridgehead atoms. The first-order valence-corrected chi connectivity index (χ1v) is 14.9. The Balaban J connectivity index is 1.42. The van der Waals surface area contributed by atoms with Crippen LogP contribution in [0.3, 0.4) is 0 Å². The van der Waals surface area contributed by atoms with Crippen molar-refractivity contribution >= 4 is 27.7 Å². The van der Waals surface area contributed by atoms with Crippen molar-refractivity contribution < 1.29 is 23.1 Å². The highest BCUT2D eigenvalue weighted by molar-refractivity contribution is 9.10. The van der Waals surface area contributed by atoms with Crippen molar-refractivity contribution in [2.24, 2.45) is 0 Å². The smallest absolute Gasteiger partial charge is 0.391 e. The zero-order valence-corrected chi connectivity index (χ0v) is 25.7. The number of carbonyl (C=O) groups excluding carboxylic acids is 1. The number of aryl methyl sites for hydroxylation is 2. The van der Waals surface area contributed by atoms with Crippen LogP contribution in [0.4, 0.5) is 19.0 Å². The molecule has 0 spiro atoms. The van der Waals surface area contributed by atoms with Crippen LogP contribution in [0.5, 0.6) is 0 Å². The average Bonchev–Trinajstić information content (AvgIpc) is 3.56. The molecule has 44 heavy (non-hydrogen) atoms. The molecule has 0 aliphatic carbocycles. The minimum absolute atomic E-state index is 0.0659. The van der Waals surface area contributed by atoms with E-state index in [9.17, 15) is 27.9 Å². The number of hydrogen-bond donors (Lipinski definition) is 1. The summed E-state index contributed by atoms with van der Waals surface area (Å²) in [5.74, 6) is 0.295. The van der Waals surface area contributed by atoms with Crippen molar-refractivity contribution in [3.63, 3.8) is 0 Å². The average molecular weight is 673 g/mol. The second-order valence-corrected chi connectivity index (χ2v) is 12.1. The fourth-order valence-electron chi connectivity index (χ4n) is 5.81. The number of alkyl halides is 3. The number of halogens is 4. The normalized spacial score (nSPS) is 18.5. The Morgan fingerprint density at radius 2 is 1.91 bits per heavy atom. The lowest BCUT2D eigenvalue weighted by Gasteiger charge is -2.34. The van der Waals surface area contributed by atoms with Crippen molar-refractivity contribution in [3.8, 4) is 11.6 Å². The van der Waals surface area contributed by atoms with Gasteiger partial charge in [0, 0.05) is 40.4 Å². The van der Waals surface area contributed by atoms with Crippen molar-refractivity contribution in [2.45, 2.75) is 58.5 Å². The highest BCUT2D eigenvalue weighted by Gasteiger charge is 2.36. The van der Waals surface area contributed by atoms with Gasteiger partial charge in [0.15, 0.2) is 0 Å². The molecule has 2 aliphatic rings. The summed E-state index contributed by atoms with van der Waals surface area (Å²) in [6.45, 7) is 6.50. The predicted molar refractivity (Wildman–Crippen MR) is 159 cm³/mol. The largest absolute Gasteiger partial charge is 0.417 e. The van der Waals surface area contributed by atoms with Gasteiger partial charge in [-0.25, -0.2) is 19.2 Å². The van der Waals surface area contributed by atoms with E-state index in [-0.39, 0.29) is 34.5 Å². The van der Waals surface area contributed by atoms with Gasteiger partial charge in [-0.3, -0.25) is 9.59 Å². The minimum Gasteiger partial charge on any atom is -0.391 e. The zero-order chi connectivity index (χ0) is 31.5. The third-order valence-corrected chi connectivity index (χ3v) is 8.74. The fraction of sp³-hybridized carbons (Fsp3) is 0.367. The monoisotopic (exact) mass is 671 g/mol.